The van der Waals surface area contributed by atoms with Crippen molar-refractivity contribution in [3.63, 3.8) is 0 Å². The van der Waals surface area contributed by atoms with E-state index in [9.17, 15) is 14.3 Å². The van der Waals surface area contributed by atoms with Gasteiger partial charge in [-0.15, -0.1) is 0 Å². The number of hydrogen-bond acceptors (Lipinski definition) is 8. The quantitative estimate of drug-likeness (QED) is 0.251. The summed E-state index contributed by atoms with van der Waals surface area (Å²) in [5.74, 6) is -1.62. The molecule has 0 amide bonds. The van der Waals surface area contributed by atoms with E-state index in [2.05, 4.69) is 20.6 Å². The minimum absolute atomic E-state index is 0.0858. The van der Waals surface area contributed by atoms with Gasteiger partial charge in [0.2, 0.25) is 5.78 Å². The van der Waals surface area contributed by atoms with Crippen molar-refractivity contribution in [1.29, 1.82) is 0 Å². The summed E-state index contributed by atoms with van der Waals surface area (Å²) in [6.45, 7) is 5.70. The van der Waals surface area contributed by atoms with Crippen molar-refractivity contribution in [2.45, 2.75) is 45.9 Å². The summed E-state index contributed by atoms with van der Waals surface area (Å²) in [4.78, 5) is 28.3. The molecule has 0 radical (unpaired) electrons. The van der Waals surface area contributed by atoms with Crippen LogP contribution in [-0.4, -0.2) is 43.1 Å². The molecule has 0 bridgehead atoms. The maximum Gasteiger partial charge on any atom is 0.293 e. The minimum atomic E-state index is -1.64. The van der Waals surface area contributed by atoms with E-state index in [1.165, 1.54) is 30.1 Å². The van der Waals surface area contributed by atoms with Crippen molar-refractivity contribution < 1.29 is 19.1 Å². The molecule has 226 valence electrons. The van der Waals surface area contributed by atoms with Gasteiger partial charge in [-0.2, -0.15) is 10.1 Å². The number of hydrogen-bond donors (Lipinski definition) is 2. The standard InChI is InChI=1S/C33H33FN6O4/c1-5-8-28-26(31(41)39(32-35-19-36-40(28)32)23-15-16-29(43-4)27(34)18-23)17-21-11-13-22(14-12-21)24-9-6-7-10-25(24)30-37-33(42,20(2)3)44-38-30/h6-7,9-16,18-20,42H,5,8,17H2,1-4H3,(H,37,38). The molecule has 0 saturated carbocycles. The highest BCUT2D eigenvalue weighted by Crippen LogP contribution is 2.30. The summed E-state index contributed by atoms with van der Waals surface area (Å²) < 4.78 is 22.8. The first kappa shape index (κ1) is 29.2. The lowest BCUT2D eigenvalue weighted by molar-refractivity contribution is -0.230. The molecule has 2 N–H and O–H groups in total. The van der Waals surface area contributed by atoms with E-state index in [-0.39, 0.29) is 17.2 Å². The van der Waals surface area contributed by atoms with Gasteiger partial charge < -0.3 is 9.84 Å². The first-order valence-corrected chi connectivity index (χ1v) is 14.5. The highest BCUT2D eigenvalue weighted by atomic mass is 19.1. The fraction of sp³-hybridized carbons (Fsp3) is 0.273. The topological polar surface area (TPSA) is 115 Å². The number of aryl methyl sites for hydroxylation is 1. The van der Waals surface area contributed by atoms with E-state index < -0.39 is 11.7 Å². The molecule has 1 aliphatic rings. The molecule has 10 nitrogen and oxygen atoms in total. The Balaban J connectivity index is 1.39. The number of aromatic nitrogens is 4. The van der Waals surface area contributed by atoms with Crippen LogP contribution in [0.25, 0.3) is 22.6 Å². The van der Waals surface area contributed by atoms with Crippen LogP contribution in [0.4, 0.5) is 4.39 Å². The van der Waals surface area contributed by atoms with Crippen molar-refractivity contribution in [3.8, 4) is 22.6 Å². The molecule has 3 heterocycles. The van der Waals surface area contributed by atoms with E-state index in [4.69, 9.17) is 9.57 Å². The first-order valence-electron chi connectivity index (χ1n) is 14.5. The van der Waals surface area contributed by atoms with Crippen molar-refractivity contribution in [3.05, 3.63) is 112 Å². The second-order valence-electron chi connectivity index (χ2n) is 11.0. The van der Waals surface area contributed by atoms with Gasteiger partial charge in [0.05, 0.1) is 18.5 Å². The van der Waals surface area contributed by atoms with Gasteiger partial charge in [-0.25, -0.2) is 28.8 Å². The average Bonchev–Trinajstić information content (AvgIpc) is 3.67. The molecule has 0 fully saturated rings. The third-order valence-corrected chi connectivity index (χ3v) is 7.83. The van der Waals surface area contributed by atoms with Gasteiger partial charge >= 0.3 is 0 Å². The van der Waals surface area contributed by atoms with E-state index in [1.807, 2.05) is 69.3 Å². The van der Waals surface area contributed by atoms with Crippen LogP contribution in [0.15, 0.2) is 82.8 Å². The highest BCUT2D eigenvalue weighted by Gasteiger charge is 2.38. The van der Waals surface area contributed by atoms with Crippen LogP contribution in [0.5, 0.6) is 5.75 Å². The lowest BCUT2D eigenvalue weighted by Gasteiger charge is -2.20. The number of ether oxygens (including phenoxy) is 1. The normalized spacial score (nSPS) is 16.4. The van der Waals surface area contributed by atoms with Gasteiger partial charge in [0, 0.05) is 29.5 Å². The number of amidine groups is 1. The second kappa shape index (κ2) is 11.7. The zero-order valence-electron chi connectivity index (χ0n) is 24.9. The van der Waals surface area contributed by atoms with Gasteiger partial charge in [-0.1, -0.05) is 75.7 Å². The fourth-order valence-electron chi connectivity index (χ4n) is 5.39. The van der Waals surface area contributed by atoms with E-state index in [0.29, 0.717) is 35.7 Å². The van der Waals surface area contributed by atoms with Crippen LogP contribution in [0.2, 0.25) is 0 Å². The molecule has 5 aromatic rings. The Morgan fingerprint density at radius 2 is 1.84 bits per heavy atom. The summed E-state index contributed by atoms with van der Waals surface area (Å²) >= 11 is 0. The maximum absolute atomic E-state index is 14.7. The molecule has 0 saturated heterocycles. The number of fused-ring (bicyclic) bond motifs is 1. The number of benzene rings is 3. The Bertz CT molecular complexity index is 1930. The van der Waals surface area contributed by atoms with Crippen molar-refractivity contribution in [2.75, 3.05) is 7.11 Å². The predicted molar refractivity (Wildman–Crippen MR) is 164 cm³/mol. The zero-order valence-corrected chi connectivity index (χ0v) is 24.9. The van der Waals surface area contributed by atoms with Crippen molar-refractivity contribution >= 4 is 11.6 Å². The molecule has 3 aromatic carbocycles. The Kier molecular flexibility index (Phi) is 7.74. The Morgan fingerprint density at radius 3 is 2.50 bits per heavy atom. The molecule has 44 heavy (non-hydrogen) atoms. The minimum Gasteiger partial charge on any atom is -0.494 e. The van der Waals surface area contributed by atoms with Crippen LogP contribution < -0.4 is 15.8 Å². The average molecular weight is 597 g/mol. The first-order chi connectivity index (χ1) is 21.2. The van der Waals surface area contributed by atoms with E-state index in [1.54, 1.807) is 10.6 Å². The van der Waals surface area contributed by atoms with Gasteiger partial charge in [0.15, 0.2) is 17.4 Å². The molecule has 6 rings (SSSR count). The third kappa shape index (κ3) is 5.14. The van der Waals surface area contributed by atoms with E-state index in [0.717, 1.165) is 34.4 Å². The van der Waals surface area contributed by atoms with Gasteiger partial charge in [-0.3, -0.25) is 4.79 Å². The molecule has 1 unspecified atom stereocenters. The number of aliphatic hydroxyl groups is 1. The van der Waals surface area contributed by atoms with Crippen LogP contribution in [0, 0.1) is 11.7 Å². The Labute approximate surface area is 253 Å². The number of hydroxylamine groups is 1. The van der Waals surface area contributed by atoms with Crippen molar-refractivity contribution in [2.24, 2.45) is 10.9 Å². The van der Waals surface area contributed by atoms with E-state index >= 15 is 0 Å². The summed E-state index contributed by atoms with van der Waals surface area (Å²) in [5.41, 5.74) is 7.70. The lowest BCUT2D eigenvalue weighted by atomic mass is 9.96. The number of nitrogens with one attached hydrogen (secondary N) is 1. The SMILES string of the molecule is CCCc1c(Cc2ccc(-c3ccccc3C3=NC(O)(C(C)C)ON3)cc2)c(=O)n(-c2ccc(OC)c(F)c2)c2ncnn12. The monoisotopic (exact) mass is 596 g/mol. The molecule has 0 aliphatic carbocycles. The highest BCUT2D eigenvalue weighted by molar-refractivity contribution is 6.04. The van der Waals surface area contributed by atoms with Crippen molar-refractivity contribution in [1.82, 2.24) is 24.6 Å². The van der Waals surface area contributed by atoms with Crippen LogP contribution in [-0.2, 0) is 17.7 Å². The summed E-state index contributed by atoms with van der Waals surface area (Å²) in [5, 5.41) is 15.1. The van der Waals surface area contributed by atoms with Gasteiger partial charge in [0.1, 0.15) is 6.33 Å². The molecule has 1 atom stereocenters. The molecule has 0 spiro atoms. The number of methoxy groups -OCH3 is 1. The van der Waals surface area contributed by atoms with Gasteiger partial charge in [-0.05, 0) is 35.2 Å². The van der Waals surface area contributed by atoms with Crippen LogP contribution in [0.1, 0.15) is 49.6 Å². The molecular weight excluding hydrogens is 563 g/mol. The molecule has 1 aliphatic heterocycles. The third-order valence-electron chi connectivity index (χ3n) is 7.83. The predicted octanol–water partition coefficient (Wildman–Crippen LogP) is 4.82. The number of halogens is 1. The van der Waals surface area contributed by atoms with Crippen LogP contribution >= 0.6 is 0 Å². The summed E-state index contributed by atoms with van der Waals surface area (Å²) in [6, 6.07) is 20.1. The zero-order chi connectivity index (χ0) is 31.0. The lowest BCUT2D eigenvalue weighted by Crippen LogP contribution is -2.35. The number of aliphatic imine (C=N–C) groups is 1. The maximum atomic E-state index is 14.7. The number of rotatable bonds is 9. The largest absolute Gasteiger partial charge is 0.494 e. The Hall–Kier alpha value is -4.87. The smallest absolute Gasteiger partial charge is 0.293 e. The second-order valence-corrected chi connectivity index (χ2v) is 11.0. The van der Waals surface area contributed by atoms with Gasteiger partial charge in [0.25, 0.3) is 11.5 Å². The van der Waals surface area contributed by atoms with Crippen LogP contribution in [0.3, 0.4) is 0 Å². The summed E-state index contributed by atoms with van der Waals surface area (Å²) in [6.07, 6.45) is 3.16. The molecule has 2 aromatic heterocycles. The molecule has 11 heteroatoms. The summed E-state index contributed by atoms with van der Waals surface area (Å²) in [7, 11) is 1.39. The molecular formula is C33H33FN6O4. The Morgan fingerprint density at radius 1 is 1.09 bits per heavy atom. The number of nitrogens with zero attached hydrogens (tertiary/aromatic N) is 5. The fourth-order valence-corrected chi connectivity index (χ4v) is 5.39.